The number of nitrogens with zero attached hydrogens (tertiary/aromatic N) is 1. The molecule has 9 heteroatoms. The molecule has 0 aromatic heterocycles. The Hall–Kier alpha value is -2.94. The fourth-order valence-corrected chi connectivity index (χ4v) is 4.80. The van der Waals surface area contributed by atoms with E-state index in [0.717, 1.165) is 25.7 Å². The molecule has 1 fully saturated rings. The Labute approximate surface area is 208 Å². The highest BCUT2D eigenvalue weighted by Crippen LogP contribution is 2.30. The van der Waals surface area contributed by atoms with E-state index in [0.29, 0.717) is 19.4 Å². The Kier molecular flexibility index (Phi) is 11.2. The molecule has 0 bridgehead atoms. The maximum atomic E-state index is 13.4. The lowest BCUT2D eigenvalue weighted by atomic mass is 9.87. The summed E-state index contributed by atoms with van der Waals surface area (Å²) < 4.78 is 0. The molecule has 1 aromatic carbocycles. The second-order valence-corrected chi connectivity index (χ2v) is 9.65. The van der Waals surface area contributed by atoms with Gasteiger partial charge in [-0.25, -0.2) is 0 Å². The molecular formula is C26H40N4O5. The summed E-state index contributed by atoms with van der Waals surface area (Å²) in [6.45, 7) is 6.12. The molecule has 1 aliphatic heterocycles. The zero-order valence-corrected chi connectivity index (χ0v) is 21.3. The van der Waals surface area contributed by atoms with Gasteiger partial charge in [-0.3, -0.25) is 19.2 Å². The SMILES string of the molecule is CN[C@@H](C)C(=O)N[C@@H](CC(C)C)C(=O)N1CCC[C@H]1C(=O)NC1CCCc2ccccc21.O=CO. The molecule has 2 aliphatic rings. The van der Waals surface area contributed by atoms with Crippen LogP contribution >= 0.6 is 0 Å². The number of carboxylic acid groups (broad SMARTS) is 1. The molecule has 1 heterocycles. The molecule has 3 amide bonds. The van der Waals surface area contributed by atoms with Crippen molar-refractivity contribution in [3.8, 4) is 0 Å². The Bertz CT molecular complexity index is 875. The number of hydrogen-bond acceptors (Lipinski definition) is 5. The van der Waals surface area contributed by atoms with Gasteiger partial charge in [-0.15, -0.1) is 0 Å². The van der Waals surface area contributed by atoms with Crippen molar-refractivity contribution < 1.29 is 24.3 Å². The molecular weight excluding hydrogens is 448 g/mol. The highest BCUT2D eigenvalue weighted by molar-refractivity contribution is 5.93. The minimum Gasteiger partial charge on any atom is -0.483 e. The predicted octanol–water partition coefficient (Wildman–Crippen LogP) is 2.01. The molecule has 9 nitrogen and oxygen atoms in total. The molecule has 4 N–H and O–H groups in total. The maximum absolute atomic E-state index is 13.4. The molecule has 194 valence electrons. The van der Waals surface area contributed by atoms with Crippen molar-refractivity contribution in [1.82, 2.24) is 20.9 Å². The first-order valence-electron chi connectivity index (χ1n) is 12.5. The normalized spacial score (nSPS) is 20.7. The number of likely N-dealkylation sites (N-methyl/N-ethyl adjacent to an activating group) is 1. The van der Waals surface area contributed by atoms with Crippen LogP contribution in [-0.4, -0.2) is 65.9 Å². The molecule has 1 aromatic rings. The highest BCUT2D eigenvalue weighted by atomic mass is 16.3. The van der Waals surface area contributed by atoms with Crippen LogP contribution in [0.4, 0.5) is 0 Å². The van der Waals surface area contributed by atoms with E-state index in [9.17, 15) is 14.4 Å². The van der Waals surface area contributed by atoms with E-state index in [4.69, 9.17) is 9.90 Å². The van der Waals surface area contributed by atoms with Crippen molar-refractivity contribution in [1.29, 1.82) is 0 Å². The molecule has 0 saturated carbocycles. The van der Waals surface area contributed by atoms with Gasteiger partial charge in [0.15, 0.2) is 0 Å². The Balaban J connectivity index is 0.00000137. The van der Waals surface area contributed by atoms with Crippen molar-refractivity contribution in [2.75, 3.05) is 13.6 Å². The van der Waals surface area contributed by atoms with Crippen molar-refractivity contribution in [2.45, 2.75) is 83.5 Å². The van der Waals surface area contributed by atoms with Gasteiger partial charge in [-0.1, -0.05) is 38.1 Å². The van der Waals surface area contributed by atoms with E-state index >= 15 is 0 Å². The summed E-state index contributed by atoms with van der Waals surface area (Å²) in [4.78, 5) is 49.2. The first-order valence-corrected chi connectivity index (χ1v) is 12.5. The summed E-state index contributed by atoms with van der Waals surface area (Å²) >= 11 is 0. The van der Waals surface area contributed by atoms with Crippen LogP contribution in [-0.2, 0) is 25.6 Å². The number of carbonyl (C=O) groups is 4. The molecule has 4 atom stereocenters. The standard InChI is InChI=1S/C25H38N4O3.CH2O2/c1-16(2)15-21(28-23(30)17(3)26-4)25(32)29-14-8-13-22(29)24(31)27-20-12-7-10-18-9-5-6-11-19(18)20;2-1-3/h5-6,9,11,16-17,20-22,26H,7-8,10,12-15H2,1-4H3,(H,27,31)(H,28,30);1H,(H,2,3)/t17-,20?,21-,22-;/m0./s1. The van der Waals surface area contributed by atoms with Gasteiger partial charge in [0.2, 0.25) is 17.7 Å². The van der Waals surface area contributed by atoms with Crippen LogP contribution in [0.3, 0.4) is 0 Å². The van der Waals surface area contributed by atoms with Gasteiger partial charge >= 0.3 is 0 Å². The summed E-state index contributed by atoms with van der Waals surface area (Å²) in [6, 6.07) is 6.78. The topological polar surface area (TPSA) is 128 Å². The van der Waals surface area contributed by atoms with E-state index in [1.165, 1.54) is 11.1 Å². The summed E-state index contributed by atoms with van der Waals surface area (Å²) in [5.74, 6) is -0.207. The Morgan fingerprint density at radius 3 is 2.49 bits per heavy atom. The van der Waals surface area contributed by atoms with Crippen LogP contribution < -0.4 is 16.0 Å². The van der Waals surface area contributed by atoms with E-state index in [1.807, 2.05) is 26.0 Å². The summed E-state index contributed by atoms with van der Waals surface area (Å²) in [5.41, 5.74) is 2.48. The number of benzene rings is 1. The van der Waals surface area contributed by atoms with E-state index < -0.39 is 12.1 Å². The van der Waals surface area contributed by atoms with Gasteiger partial charge in [0.25, 0.3) is 6.47 Å². The largest absolute Gasteiger partial charge is 0.483 e. The van der Waals surface area contributed by atoms with Crippen LogP contribution in [0.25, 0.3) is 0 Å². The number of fused-ring (bicyclic) bond motifs is 1. The Morgan fingerprint density at radius 2 is 1.83 bits per heavy atom. The number of likely N-dealkylation sites (tertiary alicyclic amines) is 1. The lowest BCUT2D eigenvalue weighted by Crippen LogP contribution is -2.56. The minimum absolute atomic E-state index is 0.00681. The van der Waals surface area contributed by atoms with Gasteiger partial charge in [-0.05, 0) is 69.5 Å². The third kappa shape index (κ3) is 7.78. The third-order valence-corrected chi connectivity index (χ3v) is 6.67. The number of amides is 3. The first-order chi connectivity index (χ1) is 16.7. The lowest BCUT2D eigenvalue weighted by Gasteiger charge is -2.32. The zero-order valence-electron chi connectivity index (χ0n) is 21.3. The van der Waals surface area contributed by atoms with Crippen molar-refractivity contribution in [3.05, 3.63) is 35.4 Å². The number of carbonyl (C=O) groups excluding carboxylic acids is 3. The van der Waals surface area contributed by atoms with Crippen molar-refractivity contribution >= 4 is 24.2 Å². The van der Waals surface area contributed by atoms with E-state index in [2.05, 4.69) is 28.1 Å². The van der Waals surface area contributed by atoms with Gasteiger partial charge in [0.05, 0.1) is 12.1 Å². The second-order valence-electron chi connectivity index (χ2n) is 9.65. The van der Waals surface area contributed by atoms with Gasteiger partial charge < -0.3 is 26.0 Å². The number of rotatable bonds is 8. The zero-order chi connectivity index (χ0) is 26.0. The summed E-state index contributed by atoms with van der Waals surface area (Å²) in [6.07, 6.45) is 4.99. The van der Waals surface area contributed by atoms with Crippen molar-refractivity contribution in [2.24, 2.45) is 5.92 Å². The molecule has 0 spiro atoms. The van der Waals surface area contributed by atoms with Gasteiger partial charge in [0.1, 0.15) is 12.1 Å². The fourth-order valence-electron chi connectivity index (χ4n) is 4.80. The average Bonchev–Trinajstić information content (AvgIpc) is 3.33. The number of aryl methyl sites for hydroxylation is 1. The highest BCUT2D eigenvalue weighted by Gasteiger charge is 2.39. The summed E-state index contributed by atoms with van der Waals surface area (Å²) in [5, 5.41) is 15.9. The third-order valence-electron chi connectivity index (χ3n) is 6.67. The Morgan fingerprint density at radius 1 is 1.14 bits per heavy atom. The van der Waals surface area contributed by atoms with Crippen LogP contribution in [0.15, 0.2) is 24.3 Å². The van der Waals surface area contributed by atoms with Crippen LogP contribution in [0.2, 0.25) is 0 Å². The van der Waals surface area contributed by atoms with Crippen LogP contribution in [0.1, 0.15) is 70.0 Å². The van der Waals surface area contributed by atoms with E-state index in [-0.39, 0.29) is 42.2 Å². The van der Waals surface area contributed by atoms with Crippen LogP contribution in [0, 0.1) is 5.92 Å². The van der Waals surface area contributed by atoms with Crippen LogP contribution in [0.5, 0.6) is 0 Å². The molecule has 1 aliphatic carbocycles. The first kappa shape index (κ1) is 28.3. The molecule has 3 rings (SSSR count). The quantitative estimate of drug-likeness (QED) is 0.415. The minimum atomic E-state index is -0.623. The number of hydrogen-bond donors (Lipinski definition) is 4. The van der Waals surface area contributed by atoms with Gasteiger partial charge in [0, 0.05) is 6.54 Å². The van der Waals surface area contributed by atoms with Crippen molar-refractivity contribution in [3.63, 3.8) is 0 Å². The fraction of sp³-hybridized carbons (Fsp3) is 0.615. The molecule has 0 radical (unpaired) electrons. The van der Waals surface area contributed by atoms with Gasteiger partial charge in [-0.2, -0.15) is 0 Å². The lowest BCUT2D eigenvalue weighted by molar-refractivity contribution is -0.142. The predicted molar refractivity (Wildman–Crippen MR) is 134 cm³/mol. The summed E-state index contributed by atoms with van der Waals surface area (Å²) in [7, 11) is 1.72. The molecule has 35 heavy (non-hydrogen) atoms. The monoisotopic (exact) mass is 488 g/mol. The molecule has 1 saturated heterocycles. The van der Waals surface area contributed by atoms with E-state index in [1.54, 1.807) is 18.9 Å². The average molecular weight is 489 g/mol. The molecule has 1 unspecified atom stereocenters. The maximum Gasteiger partial charge on any atom is 0.290 e. The second kappa shape index (κ2) is 13.8. The smallest absolute Gasteiger partial charge is 0.290 e. The number of nitrogens with one attached hydrogen (secondary N) is 3.